The van der Waals surface area contributed by atoms with E-state index in [1.807, 2.05) is 0 Å². The number of rotatable bonds is 51. The first-order valence-corrected chi connectivity index (χ1v) is 39.1. The molecule has 2 aromatic carbocycles. The van der Waals surface area contributed by atoms with Crippen molar-refractivity contribution in [3.05, 3.63) is 75.9 Å². The SMILES string of the molecule is CCCCCCCCCCCCCCCC(=O)O[C@H](COPO[C@@H]1[C@H](O)[C@H](O)[C@@H](OP(=O)(O)O)[C@H](OP(=O)(O)O)[C@H]1O)[C@@H](COP(=O)(O)OOCCNC(=O)c1ccc(-c2c3ccc(=O)cc-3oc3cc([O-])ccc23)c(C(=O)O)c1)OC(=O)CCCCCCCCCCCCCCC. The van der Waals surface area contributed by atoms with Crippen molar-refractivity contribution in [3.8, 4) is 28.2 Å². The molecule has 2 aromatic rings. The molecular weight excluding hydrogens is 1370 g/mol. The quantitative estimate of drug-likeness (QED) is 0.00490. The Hall–Kier alpha value is -4.67. The first kappa shape index (κ1) is 84.0. The number of esters is 2. The minimum Gasteiger partial charge on any atom is -0.872 e. The summed E-state index contributed by atoms with van der Waals surface area (Å²) in [6.45, 7) is 1.51. The Bertz CT molecular complexity index is 3250. The zero-order valence-electron chi connectivity index (χ0n) is 55.6. The topological polar surface area (TPSA) is 450 Å². The Morgan fingerprint density at radius 3 is 1.58 bits per heavy atom. The van der Waals surface area contributed by atoms with Crippen LogP contribution in [0.15, 0.2) is 63.8 Å². The molecular formula is C65H98NO28P4-. The fourth-order valence-corrected chi connectivity index (χ4v) is 13.8. The van der Waals surface area contributed by atoms with Gasteiger partial charge in [0.05, 0.1) is 18.8 Å². The number of aliphatic hydroxyl groups excluding tert-OH is 3. The van der Waals surface area contributed by atoms with Gasteiger partial charge in [0.15, 0.2) is 26.7 Å². The Kier molecular flexibility index (Phi) is 37.7. The van der Waals surface area contributed by atoms with E-state index in [4.69, 9.17) is 37.0 Å². The zero-order valence-corrected chi connectivity index (χ0v) is 59.2. The van der Waals surface area contributed by atoms with Crippen molar-refractivity contribution in [1.82, 2.24) is 5.32 Å². The van der Waals surface area contributed by atoms with Gasteiger partial charge < -0.3 is 78.3 Å². The number of fused-ring (bicyclic) bond motifs is 2. The van der Waals surface area contributed by atoms with E-state index in [0.29, 0.717) is 42.2 Å². The van der Waals surface area contributed by atoms with Crippen LogP contribution in [0.25, 0.3) is 33.4 Å². The molecule has 98 heavy (non-hydrogen) atoms. The molecule has 0 spiro atoms. The number of hydrogen-bond donors (Lipinski definition) is 10. The number of carbonyl (C=O) groups is 4. The maximum absolute atomic E-state index is 13.7. The summed E-state index contributed by atoms with van der Waals surface area (Å²) >= 11 is 0. The molecule has 29 nitrogen and oxygen atoms in total. The van der Waals surface area contributed by atoms with Gasteiger partial charge in [-0.25, -0.2) is 23.4 Å². The smallest absolute Gasteiger partial charge is 0.499 e. The number of carbonyl (C=O) groups excluding carboxylic acids is 3. The molecule has 3 aliphatic rings. The highest BCUT2D eigenvalue weighted by atomic mass is 31.2. The number of aliphatic hydroxyl groups is 3. The molecule has 1 amide bonds. The minimum absolute atomic E-state index is 0.0810. The Balaban J connectivity index is 1.27. The molecule has 1 heterocycles. The Morgan fingerprint density at radius 1 is 0.592 bits per heavy atom. The Labute approximate surface area is 572 Å². The molecule has 10 N–H and O–H groups in total. The van der Waals surface area contributed by atoms with Crippen LogP contribution in [0, 0.1) is 0 Å². The summed E-state index contributed by atoms with van der Waals surface area (Å²) in [5.74, 6) is -4.23. The lowest BCUT2D eigenvalue weighted by Gasteiger charge is -2.44. The van der Waals surface area contributed by atoms with E-state index in [9.17, 15) is 87.7 Å². The van der Waals surface area contributed by atoms with Crippen molar-refractivity contribution in [2.45, 2.75) is 242 Å². The number of unbranched alkanes of at least 4 members (excludes halogenated alkanes) is 24. The zero-order chi connectivity index (χ0) is 71.7. The number of benzene rings is 3. The lowest BCUT2D eigenvalue weighted by atomic mass is 9.85. The molecule has 0 saturated heterocycles. The number of hydrogen-bond acceptors (Lipinski definition) is 22. The third kappa shape index (κ3) is 30.5. The van der Waals surface area contributed by atoms with Crippen molar-refractivity contribution in [2.75, 3.05) is 26.4 Å². The highest BCUT2D eigenvalue weighted by Gasteiger charge is 2.55. The summed E-state index contributed by atoms with van der Waals surface area (Å²) < 4.78 is 84.5. The molecule has 5 rings (SSSR count). The molecule has 2 unspecified atom stereocenters. The molecule has 10 atom stereocenters. The van der Waals surface area contributed by atoms with E-state index < -0.39 is 143 Å². The van der Waals surface area contributed by atoms with Gasteiger partial charge in [0.2, 0.25) is 0 Å². The van der Waals surface area contributed by atoms with Crippen molar-refractivity contribution in [1.29, 1.82) is 0 Å². The number of nitrogens with one attached hydrogen (secondary N) is 1. The molecule has 552 valence electrons. The number of phosphoric ester groups is 3. The second-order valence-electron chi connectivity index (χ2n) is 24.4. The predicted molar refractivity (Wildman–Crippen MR) is 357 cm³/mol. The van der Waals surface area contributed by atoms with Crippen molar-refractivity contribution >= 4 is 67.3 Å². The average molecular weight is 1470 g/mol. The summed E-state index contributed by atoms with van der Waals surface area (Å²) in [6.07, 6.45) is 8.92. The lowest BCUT2D eigenvalue weighted by Crippen LogP contribution is -2.64. The number of phosphoric acid groups is 3. The van der Waals surface area contributed by atoms with Gasteiger partial charge in [-0.15, -0.1) is 10.4 Å². The van der Waals surface area contributed by atoms with Crippen LogP contribution < -0.4 is 15.9 Å². The second kappa shape index (κ2) is 44.0. The van der Waals surface area contributed by atoms with Gasteiger partial charge in [-0.1, -0.05) is 186 Å². The van der Waals surface area contributed by atoms with E-state index in [-0.39, 0.29) is 40.9 Å². The fourth-order valence-electron chi connectivity index (χ4n) is 11.4. The maximum Gasteiger partial charge on any atom is 0.499 e. The van der Waals surface area contributed by atoms with E-state index in [1.54, 1.807) is 0 Å². The van der Waals surface area contributed by atoms with Gasteiger partial charge in [0, 0.05) is 47.5 Å². The monoisotopic (exact) mass is 1460 g/mol. The van der Waals surface area contributed by atoms with Crippen LogP contribution in [0.1, 0.15) is 214 Å². The van der Waals surface area contributed by atoms with Crippen LogP contribution in [-0.2, 0) is 64.9 Å². The van der Waals surface area contributed by atoms with Gasteiger partial charge in [-0.05, 0) is 48.7 Å². The summed E-state index contributed by atoms with van der Waals surface area (Å²) in [7, 11) is -17.9. The van der Waals surface area contributed by atoms with Crippen LogP contribution in [0.3, 0.4) is 0 Å². The summed E-state index contributed by atoms with van der Waals surface area (Å²) in [4.78, 5) is 120. The van der Waals surface area contributed by atoms with Crippen LogP contribution in [0.2, 0.25) is 0 Å². The van der Waals surface area contributed by atoms with Crippen LogP contribution in [0.4, 0.5) is 0 Å². The first-order valence-electron chi connectivity index (χ1n) is 33.8. The molecule has 2 aliphatic carbocycles. The highest BCUT2D eigenvalue weighted by molar-refractivity contribution is 7.47. The minimum atomic E-state index is -5.61. The molecule has 33 heteroatoms. The number of carboxylic acids is 1. The number of ether oxygens (including phenoxy) is 2. The molecule has 1 fully saturated rings. The van der Waals surface area contributed by atoms with Gasteiger partial charge in [0.1, 0.15) is 54.6 Å². The number of carboxylic acid groups (broad SMARTS) is 1. The standard InChI is InChI=1S/C65H99NO28P4/c1-3-5-7-9-11-13-15-17-19-21-23-25-27-29-55(69)89-53(42-86-95-91-61-58(71)59(72)62(92-96(77,78)79)63(60(61)73)93-97(80,81)82)54(90-56(70)30-28-26-24-22-20-18-16-14-12-10-8-6-4-2)43-87-98(83,84)94-85-38-37-66-64(74)44-31-34-47(50(39-44)65(75)76)57-48-35-32-45(67)40-51(48)88-52-41-46(68)33-36-49(52)57/h31-36,39-41,53-54,58-63,67,71-73,95H,3-30,37-38,42-43H2,1-2H3,(H,66,74)(H,75,76)(H,83,84)(H2,77,78,79)(H2,80,81,82)/p-1/t53-,54-,58-,59+,60+,61-,62-,63-/m1/s1. The summed E-state index contributed by atoms with van der Waals surface area (Å²) in [5, 5.41) is 58.3. The summed E-state index contributed by atoms with van der Waals surface area (Å²) in [6, 6.07) is 11.6. The molecule has 0 radical (unpaired) electrons. The van der Waals surface area contributed by atoms with Crippen LogP contribution in [-0.4, -0.2) is 144 Å². The predicted octanol–water partition coefficient (Wildman–Crippen LogP) is 10.9. The van der Waals surface area contributed by atoms with Crippen molar-refractivity contribution in [3.63, 3.8) is 0 Å². The van der Waals surface area contributed by atoms with E-state index in [0.717, 1.165) is 70.3 Å². The van der Waals surface area contributed by atoms with E-state index in [2.05, 4.69) is 28.2 Å². The van der Waals surface area contributed by atoms with Gasteiger partial charge in [0.25, 0.3) is 5.91 Å². The third-order valence-corrected chi connectivity index (χ3v) is 18.9. The highest BCUT2D eigenvalue weighted by Crippen LogP contribution is 2.49. The molecule has 0 bridgehead atoms. The normalized spacial score (nSPS) is 18.8. The van der Waals surface area contributed by atoms with Gasteiger partial charge >= 0.3 is 41.4 Å². The largest absolute Gasteiger partial charge is 0.872 e. The first-order chi connectivity index (χ1) is 46.7. The Morgan fingerprint density at radius 2 is 1.07 bits per heavy atom. The molecule has 1 saturated carbocycles. The van der Waals surface area contributed by atoms with Gasteiger partial charge in [-0.2, -0.15) is 0 Å². The van der Waals surface area contributed by atoms with Gasteiger partial charge in [-0.3, -0.25) is 32.7 Å². The van der Waals surface area contributed by atoms with Crippen LogP contribution >= 0.6 is 32.5 Å². The number of amides is 1. The van der Waals surface area contributed by atoms with Crippen molar-refractivity contribution in [2.24, 2.45) is 0 Å². The second-order valence-corrected chi connectivity index (χ2v) is 28.8. The fraction of sp³-hybridized carbons (Fsp3) is 0.646. The van der Waals surface area contributed by atoms with E-state index in [1.165, 1.54) is 126 Å². The number of aromatic carboxylic acids is 1. The van der Waals surface area contributed by atoms with E-state index >= 15 is 0 Å². The van der Waals surface area contributed by atoms with Crippen LogP contribution in [0.5, 0.6) is 5.75 Å². The third-order valence-electron chi connectivity index (χ3n) is 16.4. The van der Waals surface area contributed by atoms with Crippen molar-refractivity contribution < 1.29 is 129 Å². The average Bonchev–Trinajstić information content (AvgIpc) is 0.758. The molecule has 0 aromatic heterocycles. The maximum atomic E-state index is 13.7. The summed E-state index contributed by atoms with van der Waals surface area (Å²) in [5.41, 5.74) is -0.0138. The lowest BCUT2D eigenvalue weighted by molar-refractivity contribution is -0.268. The molecule has 1 aliphatic heterocycles.